The fraction of sp³-hybridized carbons (Fsp3) is 0.857. The molecule has 1 aliphatic heterocycles. The van der Waals surface area contributed by atoms with Crippen molar-refractivity contribution in [3.8, 4) is 0 Å². The highest BCUT2D eigenvalue weighted by atomic mass is 16.3. The zero-order valence-corrected chi connectivity index (χ0v) is 7.18. The maximum Gasteiger partial charge on any atom is 0.252 e. The van der Waals surface area contributed by atoms with E-state index >= 15 is 0 Å². The lowest BCUT2D eigenvalue weighted by molar-refractivity contribution is -0.158. The van der Waals surface area contributed by atoms with Gasteiger partial charge in [0.1, 0.15) is 0 Å². The number of β-amino-alcohol motifs (C(OH)–C–C–N with tert-alkyl or cyclic N) is 2. The molecule has 1 aliphatic rings. The SMILES string of the molecule is NC(=O)C1(O)CN(CC(O)CO)C1. The molecular weight excluding hydrogens is 176 g/mol. The Morgan fingerprint density at radius 2 is 2.15 bits per heavy atom. The second-order valence-corrected chi connectivity index (χ2v) is 3.40. The van der Waals surface area contributed by atoms with Crippen molar-refractivity contribution in [2.75, 3.05) is 26.2 Å². The first-order valence-electron chi connectivity index (χ1n) is 4.01. The first-order chi connectivity index (χ1) is 5.98. The Hall–Kier alpha value is -0.690. The van der Waals surface area contributed by atoms with Crippen LogP contribution >= 0.6 is 0 Å². The Morgan fingerprint density at radius 1 is 1.62 bits per heavy atom. The third-order valence-electron chi connectivity index (χ3n) is 2.11. The summed E-state index contributed by atoms with van der Waals surface area (Å²) in [6, 6.07) is 0. The first kappa shape index (κ1) is 10.4. The van der Waals surface area contributed by atoms with E-state index in [-0.39, 0.29) is 26.2 Å². The van der Waals surface area contributed by atoms with Gasteiger partial charge in [0.2, 0.25) is 0 Å². The van der Waals surface area contributed by atoms with E-state index in [0.717, 1.165) is 0 Å². The number of rotatable bonds is 4. The zero-order chi connectivity index (χ0) is 10.1. The summed E-state index contributed by atoms with van der Waals surface area (Å²) in [4.78, 5) is 12.3. The summed E-state index contributed by atoms with van der Waals surface area (Å²) in [5, 5.41) is 26.9. The quantitative estimate of drug-likeness (QED) is 0.375. The average Bonchev–Trinajstić information content (AvgIpc) is 2.00. The Kier molecular flexibility index (Phi) is 2.87. The lowest BCUT2D eigenvalue weighted by Gasteiger charge is -2.44. The molecule has 6 heteroatoms. The first-order valence-corrected chi connectivity index (χ1v) is 4.01. The molecule has 1 rings (SSSR count). The van der Waals surface area contributed by atoms with Gasteiger partial charge in [0.05, 0.1) is 12.7 Å². The van der Waals surface area contributed by atoms with Crippen molar-refractivity contribution in [3.63, 3.8) is 0 Å². The van der Waals surface area contributed by atoms with Gasteiger partial charge in [-0.15, -0.1) is 0 Å². The molecule has 6 nitrogen and oxygen atoms in total. The fourth-order valence-electron chi connectivity index (χ4n) is 1.33. The summed E-state index contributed by atoms with van der Waals surface area (Å²) in [6.07, 6.45) is -0.836. The number of hydrogen-bond acceptors (Lipinski definition) is 5. The van der Waals surface area contributed by atoms with Crippen molar-refractivity contribution in [3.05, 3.63) is 0 Å². The molecule has 13 heavy (non-hydrogen) atoms. The molecule has 1 fully saturated rings. The highest BCUT2D eigenvalue weighted by molar-refractivity contribution is 5.84. The average molecular weight is 190 g/mol. The number of aliphatic hydroxyl groups is 3. The fourth-order valence-corrected chi connectivity index (χ4v) is 1.33. The zero-order valence-electron chi connectivity index (χ0n) is 7.18. The van der Waals surface area contributed by atoms with Crippen molar-refractivity contribution in [2.45, 2.75) is 11.7 Å². The molecular formula is C7H14N2O4. The van der Waals surface area contributed by atoms with Gasteiger partial charge in [-0.1, -0.05) is 0 Å². The van der Waals surface area contributed by atoms with Crippen LogP contribution in [-0.4, -0.2) is 64.1 Å². The van der Waals surface area contributed by atoms with E-state index < -0.39 is 17.6 Å². The van der Waals surface area contributed by atoms with Gasteiger partial charge in [0.25, 0.3) is 5.91 Å². The monoisotopic (exact) mass is 190 g/mol. The predicted octanol–water partition coefficient (Wildman–Crippen LogP) is -3.13. The number of aliphatic hydroxyl groups excluding tert-OH is 2. The summed E-state index contributed by atoms with van der Waals surface area (Å²) in [5.41, 5.74) is 3.48. The van der Waals surface area contributed by atoms with Crippen LogP contribution in [0.25, 0.3) is 0 Å². The van der Waals surface area contributed by atoms with Crippen LogP contribution in [0.15, 0.2) is 0 Å². The van der Waals surface area contributed by atoms with Gasteiger partial charge in [0.15, 0.2) is 5.60 Å². The summed E-state index contributed by atoms with van der Waals surface area (Å²) in [5.74, 6) is -0.748. The van der Waals surface area contributed by atoms with Crippen LogP contribution in [0.1, 0.15) is 0 Å². The molecule has 0 aromatic rings. The summed E-state index contributed by atoms with van der Waals surface area (Å²) in [6.45, 7) is 0.163. The Balaban J connectivity index is 2.29. The Morgan fingerprint density at radius 3 is 2.54 bits per heavy atom. The van der Waals surface area contributed by atoms with Crippen LogP contribution in [0.5, 0.6) is 0 Å². The molecule has 0 aromatic carbocycles. The number of likely N-dealkylation sites (tertiary alicyclic amines) is 1. The number of amides is 1. The molecule has 5 N–H and O–H groups in total. The van der Waals surface area contributed by atoms with E-state index in [1.54, 1.807) is 4.90 Å². The minimum Gasteiger partial charge on any atom is -0.394 e. The molecule has 0 saturated carbocycles. The molecule has 0 aromatic heterocycles. The number of primary amides is 1. The van der Waals surface area contributed by atoms with Gasteiger partial charge in [-0.25, -0.2) is 0 Å². The van der Waals surface area contributed by atoms with Crippen LogP contribution in [0.2, 0.25) is 0 Å². The molecule has 1 heterocycles. The molecule has 0 bridgehead atoms. The number of carbonyl (C=O) groups excluding carboxylic acids is 1. The topological polar surface area (TPSA) is 107 Å². The van der Waals surface area contributed by atoms with Crippen molar-refractivity contribution in [1.82, 2.24) is 4.90 Å². The Labute approximate surface area is 75.6 Å². The third kappa shape index (κ3) is 2.16. The van der Waals surface area contributed by atoms with Crippen molar-refractivity contribution < 1.29 is 20.1 Å². The Bertz CT molecular complexity index is 203. The van der Waals surface area contributed by atoms with Gasteiger partial charge in [-0.2, -0.15) is 0 Å². The molecule has 0 spiro atoms. The maximum absolute atomic E-state index is 10.6. The largest absolute Gasteiger partial charge is 0.394 e. The van der Waals surface area contributed by atoms with E-state index in [9.17, 15) is 9.90 Å². The normalized spacial score (nSPS) is 23.6. The van der Waals surface area contributed by atoms with Crippen LogP contribution < -0.4 is 5.73 Å². The van der Waals surface area contributed by atoms with E-state index in [4.69, 9.17) is 15.9 Å². The molecule has 1 amide bonds. The smallest absolute Gasteiger partial charge is 0.252 e. The lowest BCUT2D eigenvalue weighted by Crippen LogP contribution is -2.68. The number of carbonyl (C=O) groups is 1. The van der Waals surface area contributed by atoms with Gasteiger partial charge in [-0.3, -0.25) is 9.69 Å². The standard InChI is InChI=1S/C7H14N2O4/c8-6(12)7(13)3-9(4-7)1-5(11)2-10/h5,10-11,13H,1-4H2,(H2,8,12). The van der Waals surface area contributed by atoms with Gasteiger partial charge < -0.3 is 21.1 Å². The lowest BCUT2D eigenvalue weighted by atomic mass is 9.93. The van der Waals surface area contributed by atoms with Crippen LogP contribution in [0.3, 0.4) is 0 Å². The molecule has 1 atom stereocenters. The molecule has 0 radical (unpaired) electrons. The van der Waals surface area contributed by atoms with Crippen molar-refractivity contribution in [1.29, 1.82) is 0 Å². The van der Waals surface area contributed by atoms with Gasteiger partial charge in [-0.05, 0) is 0 Å². The van der Waals surface area contributed by atoms with Crippen molar-refractivity contribution >= 4 is 5.91 Å². The maximum atomic E-state index is 10.6. The van der Waals surface area contributed by atoms with Crippen LogP contribution in [0, 0.1) is 0 Å². The summed E-state index contributed by atoms with van der Waals surface area (Å²) in [7, 11) is 0. The van der Waals surface area contributed by atoms with Crippen molar-refractivity contribution in [2.24, 2.45) is 5.73 Å². The van der Waals surface area contributed by atoms with E-state index in [0.29, 0.717) is 0 Å². The summed E-state index contributed by atoms with van der Waals surface area (Å²) >= 11 is 0. The van der Waals surface area contributed by atoms with Gasteiger partial charge in [0, 0.05) is 19.6 Å². The van der Waals surface area contributed by atoms with Crippen LogP contribution in [0.4, 0.5) is 0 Å². The molecule has 76 valence electrons. The molecule has 1 unspecified atom stereocenters. The van der Waals surface area contributed by atoms with E-state index in [2.05, 4.69) is 0 Å². The number of hydrogen-bond donors (Lipinski definition) is 4. The number of nitrogens with zero attached hydrogens (tertiary/aromatic N) is 1. The third-order valence-corrected chi connectivity index (χ3v) is 2.11. The minimum atomic E-state index is -1.45. The predicted molar refractivity (Wildman–Crippen MR) is 43.7 cm³/mol. The highest BCUT2D eigenvalue weighted by Gasteiger charge is 2.46. The van der Waals surface area contributed by atoms with E-state index in [1.807, 2.05) is 0 Å². The second kappa shape index (κ2) is 3.59. The highest BCUT2D eigenvalue weighted by Crippen LogP contribution is 2.19. The van der Waals surface area contributed by atoms with Crippen LogP contribution in [-0.2, 0) is 4.79 Å². The summed E-state index contributed by atoms with van der Waals surface area (Å²) < 4.78 is 0. The molecule has 1 saturated heterocycles. The van der Waals surface area contributed by atoms with E-state index in [1.165, 1.54) is 0 Å². The van der Waals surface area contributed by atoms with Gasteiger partial charge >= 0.3 is 0 Å². The number of nitrogens with two attached hydrogens (primary N) is 1. The molecule has 0 aliphatic carbocycles. The minimum absolute atomic E-state index is 0.124. The second-order valence-electron chi connectivity index (χ2n) is 3.40.